The molecule has 1 aliphatic carbocycles. The Morgan fingerprint density at radius 3 is 2.67 bits per heavy atom. The molecule has 0 heterocycles. The van der Waals surface area contributed by atoms with Crippen LogP contribution >= 0.6 is 11.6 Å². The first-order valence-corrected chi connectivity index (χ1v) is 7.63. The van der Waals surface area contributed by atoms with Gasteiger partial charge in [-0.1, -0.05) is 42.5 Å². The minimum atomic E-state index is -2.85. The highest BCUT2D eigenvalue weighted by atomic mass is 35.5. The van der Waals surface area contributed by atoms with E-state index in [1.54, 1.807) is 12.1 Å². The molecule has 0 saturated heterocycles. The van der Waals surface area contributed by atoms with Gasteiger partial charge in [0.15, 0.2) is 0 Å². The van der Waals surface area contributed by atoms with Crippen LogP contribution in [0.3, 0.4) is 0 Å². The maximum Gasteiger partial charge on any atom is 0.387 e. The molecule has 2 nitrogen and oxygen atoms in total. The molecule has 1 aromatic rings. The Balaban J connectivity index is 2.29. The zero-order valence-electron chi connectivity index (χ0n) is 11.8. The van der Waals surface area contributed by atoms with Crippen molar-refractivity contribution in [1.82, 2.24) is 0 Å². The normalized spacial score (nSPS) is 17.3. The summed E-state index contributed by atoms with van der Waals surface area (Å²) in [5.74, 6) is 0.568. The second-order valence-corrected chi connectivity index (χ2v) is 5.76. The molecule has 0 bridgehead atoms. The van der Waals surface area contributed by atoms with Crippen LogP contribution in [0.15, 0.2) is 23.8 Å². The van der Waals surface area contributed by atoms with Crippen molar-refractivity contribution in [3.05, 3.63) is 34.4 Å². The van der Waals surface area contributed by atoms with Crippen molar-refractivity contribution >= 4 is 17.7 Å². The lowest BCUT2D eigenvalue weighted by Crippen LogP contribution is -2.16. The second kappa shape index (κ2) is 7.76. The SMILES string of the molecule is NC/C(=C/c1cc(Cl)ccc1OC(F)F)C1CCCCC1. The lowest BCUT2D eigenvalue weighted by atomic mass is 9.83. The van der Waals surface area contributed by atoms with Gasteiger partial charge < -0.3 is 10.5 Å². The van der Waals surface area contributed by atoms with E-state index in [9.17, 15) is 8.78 Å². The monoisotopic (exact) mass is 315 g/mol. The molecule has 5 heteroatoms. The molecule has 2 N–H and O–H groups in total. The first kappa shape index (κ1) is 16.2. The molecule has 1 saturated carbocycles. The van der Waals surface area contributed by atoms with Crippen molar-refractivity contribution in [2.75, 3.05) is 6.54 Å². The maximum absolute atomic E-state index is 12.5. The maximum atomic E-state index is 12.5. The standard InChI is InChI=1S/C16H20ClF2NO/c17-14-6-7-15(21-16(18)19)12(9-14)8-13(10-20)11-4-2-1-3-5-11/h6-9,11,16H,1-5,10,20H2/b13-8-. The lowest BCUT2D eigenvalue weighted by Gasteiger charge is -2.24. The fourth-order valence-corrected chi connectivity index (χ4v) is 3.03. The summed E-state index contributed by atoms with van der Waals surface area (Å²) in [6.07, 6.45) is 7.71. The summed E-state index contributed by atoms with van der Waals surface area (Å²) in [5, 5.41) is 0.489. The van der Waals surface area contributed by atoms with Crippen LogP contribution in [-0.2, 0) is 0 Å². The molecule has 0 amide bonds. The van der Waals surface area contributed by atoms with Gasteiger partial charge in [-0.15, -0.1) is 0 Å². The van der Waals surface area contributed by atoms with Crippen LogP contribution in [-0.4, -0.2) is 13.2 Å². The van der Waals surface area contributed by atoms with Gasteiger partial charge in [-0.3, -0.25) is 0 Å². The zero-order chi connectivity index (χ0) is 15.2. The highest BCUT2D eigenvalue weighted by Crippen LogP contribution is 2.33. The summed E-state index contributed by atoms with van der Waals surface area (Å²) in [7, 11) is 0. The van der Waals surface area contributed by atoms with E-state index in [4.69, 9.17) is 17.3 Å². The Hall–Kier alpha value is -1.13. The van der Waals surface area contributed by atoms with Crippen LogP contribution in [0.25, 0.3) is 6.08 Å². The van der Waals surface area contributed by atoms with E-state index in [0.29, 0.717) is 23.0 Å². The Bertz CT molecular complexity index is 499. The molecule has 0 radical (unpaired) electrons. The van der Waals surface area contributed by atoms with Gasteiger partial charge in [0, 0.05) is 17.1 Å². The first-order valence-electron chi connectivity index (χ1n) is 7.25. The third kappa shape index (κ3) is 4.68. The molecule has 1 fully saturated rings. The Morgan fingerprint density at radius 1 is 1.33 bits per heavy atom. The van der Waals surface area contributed by atoms with Crippen molar-refractivity contribution in [2.45, 2.75) is 38.7 Å². The van der Waals surface area contributed by atoms with Crippen molar-refractivity contribution < 1.29 is 13.5 Å². The number of halogens is 3. The van der Waals surface area contributed by atoms with E-state index in [2.05, 4.69) is 4.74 Å². The van der Waals surface area contributed by atoms with Crippen molar-refractivity contribution in [2.24, 2.45) is 11.7 Å². The van der Waals surface area contributed by atoms with Crippen molar-refractivity contribution in [3.63, 3.8) is 0 Å². The van der Waals surface area contributed by atoms with E-state index in [1.807, 2.05) is 6.08 Å². The predicted octanol–water partition coefficient (Wildman–Crippen LogP) is 4.86. The quantitative estimate of drug-likeness (QED) is 0.841. The number of ether oxygens (including phenoxy) is 1. The molecule has 0 spiro atoms. The number of rotatable bonds is 5. The minimum Gasteiger partial charge on any atom is -0.434 e. The largest absolute Gasteiger partial charge is 0.434 e. The third-order valence-corrected chi connectivity index (χ3v) is 4.13. The average Bonchev–Trinajstić information content (AvgIpc) is 2.48. The van der Waals surface area contributed by atoms with Crippen LogP contribution in [0, 0.1) is 5.92 Å². The van der Waals surface area contributed by atoms with Gasteiger partial charge in [-0.2, -0.15) is 8.78 Å². The van der Waals surface area contributed by atoms with Crippen LogP contribution < -0.4 is 10.5 Å². The predicted molar refractivity (Wildman–Crippen MR) is 81.7 cm³/mol. The topological polar surface area (TPSA) is 35.2 Å². The Kier molecular flexibility index (Phi) is 6.00. The number of alkyl halides is 2. The van der Waals surface area contributed by atoms with Crippen LogP contribution in [0.1, 0.15) is 37.7 Å². The fraction of sp³-hybridized carbons (Fsp3) is 0.500. The van der Waals surface area contributed by atoms with Gasteiger partial charge in [0.25, 0.3) is 0 Å². The number of benzene rings is 1. The van der Waals surface area contributed by atoms with Crippen LogP contribution in [0.2, 0.25) is 5.02 Å². The summed E-state index contributed by atoms with van der Waals surface area (Å²) in [5.41, 5.74) is 7.49. The van der Waals surface area contributed by atoms with Gasteiger partial charge in [-0.05, 0) is 37.0 Å². The van der Waals surface area contributed by atoms with E-state index in [0.717, 1.165) is 18.4 Å². The molecule has 0 aliphatic heterocycles. The van der Waals surface area contributed by atoms with E-state index in [1.165, 1.54) is 25.3 Å². The fourth-order valence-electron chi connectivity index (χ4n) is 2.85. The van der Waals surface area contributed by atoms with Gasteiger partial charge in [-0.25, -0.2) is 0 Å². The summed E-state index contributed by atoms with van der Waals surface area (Å²) in [4.78, 5) is 0. The number of nitrogens with two attached hydrogens (primary N) is 1. The lowest BCUT2D eigenvalue weighted by molar-refractivity contribution is -0.0499. The van der Waals surface area contributed by atoms with E-state index >= 15 is 0 Å². The Morgan fingerprint density at radius 2 is 2.05 bits per heavy atom. The summed E-state index contributed by atoms with van der Waals surface area (Å²) in [6, 6.07) is 4.65. The number of hydrogen-bond acceptors (Lipinski definition) is 2. The van der Waals surface area contributed by atoms with Crippen LogP contribution in [0.4, 0.5) is 8.78 Å². The molecule has 2 rings (SSSR count). The van der Waals surface area contributed by atoms with Gasteiger partial charge in [0.05, 0.1) is 0 Å². The minimum absolute atomic E-state index is 0.135. The highest BCUT2D eigenvalue weighted by molar-refractivity contribution is 6.30. The molecular formula is C16H20ClF2NO. The number of hydrogen-bond donors (Lipinski definition) is 1. The molecule has 0 aromatic heterocycles. The zero-order valence-corrected chi connectivity index (χ0v) is 12.6. The molecule has 1 aromatic carbocycles. The van der Waals surface area contributed by atoms with Crippen molar-refractivity contribution in [1.29, 1.82) is 0 Å². The Labute approximate surface area is 128 Å². The first-order chi connectivity index (χ1) is 10.1. The molecule has 21 heavy (non-hydrogen) atoms. The summed E-state index contributed by atoms with van der Waals surface area (Å²) >= 11 is 5.96. The molecule has 0 unspecified atom stereocenters. The molecule has 116 valence electrons. The average molecular weight is 316 g/mol. The smallest absolute Gasteiger partial charge is 0.387 e. The molecular weight excluding hydrogens is 296 g/mol. The molecule has 1 aliphatic rings. The molecule has 0 atom stereocenters. The summed E-state index contributed by atoms with van der Waals surface area (Å²) < 4.78 is 29.5. The highest BCUT2D eigenvalue weighted by Gasteiger charge is 2.18. The van der Waals surface area contributed by atoms with Gasteiger partial charge >= 0.3 is 6.61 Å². The van der Waals surface area contributed by atoms with Gasteiger partial charge in [0.1, 0.15) is 5.75 Å². The van der Waals surface area contributed by atoms with Gasteiger partial charge in [0.2, 0.25) is 0 Å². The van der Waals surface area contributed by atoms with E-state index < -0.39 is 6.61 Å². The summed E-state index contributed by atoms with van der Waals surface area (Å²) in [6.45, 7) is -2.43. The van der Waals surface area contributed by atoms with E-state index in [-0.39, 0.29) is 5.75 Å². The van der Waals surface area contributed by atoms with Crippen LogP contribution in [0.5, 0.6) is 5.75 Å². The van der Waals surface area contributed by atoms with Crippen molar-refractivity contribution in [3.8, 4) is 5.75 Å². The third-order valence-electron chi connectivity index (χ3n) is 3.89. The second-order valence-electron chi connectivity index (χ2n) is 5.32.